The van der Waals surface area contributed by atoms with E-state index in [2.05, 4.69) is 53.3 Å². The highest BCUT2D eigenvalue weighted by Gasteiger charge is 2.54. The van der Waals surface area contributed by atoms with Crippen LogP contribution in [0.5, 0.6) is 5.75 Å². The molecule has 2 aromatic carbocycles. The molecule has 4 heterocycles. The number of hydrogen-bond acceptors (Lipinski definition) is 14. The standard InChI is InChI=1S/C41H56N6O11/c1-23-7-13-27(14-8-23)55-28-15-18-46(19-16-28)26-11-9-25(10-12-26)22-44-31(48)6-4-3-5-29(39(43)54)37(58-41-36(53)33(50)30(21-42)56-41)38-34(51)35(52)40(57-38)47-20-17-32(49)45-24(47)2/h7-14,17,20,28-30,33-38,40-41,50-53H,2-6,15-16,18-19,21-22,42H2,1H3,(H2,43,54)(H,44,48)(H,45,49)/t29-,30+,33+,34?,35+,36+,37-,38-,40+,41-/m0/s1. The van der Waals surface area contributed by atoms with Crippen molar-refractivity contribution in [1.82, 2.24) is 15.5 Å². The number of ether oxygens (including phenoxy) is 4. The Hall–Kier alpha value is -4.59. The number of unbranched alkanes of at least 4 members (excludes halogenated alkanes) is 1. The molecular weight excluding hydrogens is 752 g/mol. The number of nitrogens with zero attached hydrogens (tertiary/aromatic N) is 2. The zero-order valence-corrected chi connectivity index (χ0v) is 32.6. The van der Waals surface area contributed by atoms with Gasteiger partial charge in [0.2, 0.25) is 11.8 Å². The first-order valence-corrected chi connectivity index (χ1v) is 19.8. The van der Waals surface area contributed by atoms with Crippen LogP contribution < -0.4 is 31.7 Å². The lowest BCUT2D eigenvalue weighted by atomic mass is 9.88. The summed E-state index contributed by atoms with van der Waals surface area (Å²) in [7, 11) is 0. The highest BCUT2D eigenvalue weighted by atomic mass is 16.7. The monoisotopic (exact) mass is 808 g/mol. The fourth-order valence-corrected chi connectivity index (χ4v) is 7.76. The maximum absolute atomic E-state index is 13.0. The fourth-order valence-electron chi connectivity index (χ4n) is 7.76. The summed E-state index contributed by atoms with van der Waals surface area (Å²) in [4.78, 5) is 41.3. The van der Waals surface area contributed by atoms with Gasteiger partial charge >= 0.3 is 0 Å². The summed E-state index contributed by atoms with van der Waals surface area (Å²) >= 11 is 0. The number of benzene rings is 2. The van der Waals surface area contributed by atoms with Gasteiger partial charge in [0.05, 0.1) is 5.92 Å². The molecule has 6 rings (SSSR count). The second-order valence-corrected chi connectivity index (χ2v) is 15.3. The molecule has 0 bridgehead atoms. The first-order valence-electron chi connectivity index (χ1n) is 19.8. The third kappa shape index (κ3) is 10.3. The average molecular weight is 809 g/mol. The molecule has 17 heteroatoms. The van der Waals surface area contributed by atoms with E-state index in [4.69, 9.17) is 30.4 Å². The molecule has 3 amide bonds. The predicted molar refractivity (Wildman–Crippen MR) is 210 cm³/mol. The lowest BCUT2D eigenvalue weighted by molar-refractivity contribution is -0.232. The first kappa shape index (κ1) is 43.0. The number of nitrogens with one attached hydrogen (secondary N) is 2. The third-order valence-corrected chi connectivity index (χ3v) is 11.2. The maximum atomic E-state index is 13.0. The number of hydrogen-bond donors (Lipinski definition) is 8. The van der Waals surface area contributed by atoms with Crippen LogP contribution in [0, 0.1) is 12.8 Å². The number of anilines is 1. The Kier molecular flexibility index (Phi) is 14.4. The van der Waals surface area contributed by atoms with Gasteiger partial charge in [-0.2, -0.15) is 0 Å². The number of nitrogens with two attached hydrogens (primary N) is 2. The molecule has 17 nitrogen and oxygen atoms in total. The Morgan fingerprint density at radius 2 is 1.69 bits per heavy atom. The van der Waals surface area contributed by atoms with Crippen LogP contribution in [0.1, 0.15) is 49.7 Å². The SMILES string of the molecule is C=C1NC(=O)C=CN1[C@@H]1O[C@H]([C@@H](O[C@@H]2O[C@H](CN)[C@@H](O)[C@H]2O)[C@H](CCCCC(=O)NCc2ccc(N3CCC(Oc4ccc(C)cc4)CC3)cc2)C(N)=O)C(O)[C@H]1O. The summed E-state index contributed by atoms with van der Waals surface area (Å²) in [6, 6.07) is 16.2. The van der Waals surface area contributed by atoms with Crippen LogP contribution in [-0.2, 0) is 35.1 Å². The predicted octanol–water partition coefficient (Wildman–Crippen LogP) is -0.0251. The number of carbonyl (C=O) groups excluding carboxylic acids is 3. The number of carbonyl (C=O) groups is 3. The zero-order valence-electron chi connectivity index (χ0n) is 32.6. The van der Waals surface area contributed by atoms with Crippen molar-refractivity contribution in [2.45, 2.75) is 113 Å². The van der Waals surface area contributed by atoms with E-state index in [0.29, 0.717) is 19.4 Å². The van der Waals surface area contributed by atoms with E-state index in [-0.39, 0.29) is 37.2 Å². The van der Waals surface area contributed by atoms with Crippen molar-refractivity contribution in [3.63, 3.8) is 0 Å². The van der Waals surface area contributed by atoms with Crippen LogP contribution in [0.2, 0.25) is 0 Å². The third-order valence-electron chi connectivity index (χ3n) is 11.2. The molecule has 4 aliphatic rings. The molecule has 4 aliphatic heterocycles. The number of piperidine rings is 1. The van der Waals surface area contributed by atoms with Crippen LogP contribution in [-0.4, -0.2) is 124 Å². The number of primary amides is 1. The van der Waals surface area contributed by atoms with E-state index >= 15 is 0 Å². The number of aryl methyl sites for hydroxylation is 1. The highest BCUT2D eigenvalue weighted by Crippen LogP contribution is 2.36. The molecule has 10 atom stereocenters. The van der Waals surface area contributed by atoms with Gasteiger partial charge in [0.25, 0.3) is 5.91 Å². The van der Waals surface area contributed by atoms with Crippen LogP contribution in [0.25, 0.3) is 0 Å². The summed E-state index contributed by atoms with van der Waals surface area (Å²) < 4.78 is 23.9. The van der Waals surface area contributed by atoms with E-state index in [0.717, 1.165) is 42.9 Å². The van der Waals surface area contributed by atoms with Gasteiger partial charge in [-0.3, -0.25) is 14.4 Å². The molecule has 10 N–H and O–H groups in total. The Bertz CT molecular complexity index is 1760. The molecule has 0 radical (unpaired) electrons. The minimum Gasteiger partial charge on any atom is -0.490 e. The topological polar surface area (TPSA) is 252 Å². The van der Waals surface area contributed by atoms with Crippen LogP contribution in [0.15, 0.2) is 73.2 Å². The number of aliphatic hydroxyl groups is 4. The van der Waals surface area contributed by atoms with Crippen molar-refractivity contribution in [3.05, 3.63) is 84.3 Å². The van der Waals surface area contributed by atoms with Gasteiger partial charge in [-0.15, -0.1) is 0 Å². The zero-order chi connectivity index (χ0) is 41.5. The normalized spacial score (nSPS) is 28.7. The molecule has 0 saturated carbocycles. The van der Waals surface area contributed by atoms with E-state index in [1.54, 1.807) is 0 Å². The summed E-state index contributed by atoms with van der Waals surface area (Å²) in [6.45, 7) is 7.79. The average Bonchev–Trinajstić information content (AvgIpc) is 3.66. The molecule has 3 saturated heterocycles. The summed E-state index contributed by atoms with van der Waals surface area (Å²) in [5.41, 5.74) is 14.8. The van der Waals surface area contributed by atoms with E-state index in [1.165, 1.54) is 22.7 Å². The molecule has 0 aliphatic carbocycles. The molecule has 0 aromatic heterocycles. The largest absolute Gasteiger partial charge is 0.490 e. The van der Waals surface area contributed by atoms with Gasteiger partial charge in [-0.1, -0.05) is 42.8 Å². The molecule has 2 aromatic rings. The summed E-state index contributed by atoms with van der Waals surface area (Å²) in [5.74, 6) is -1.66. The van der Waals surface area contributed by atoms with Gasteiger partial charge < -0.3 is 71.3 Å². The molecule has 3 fully saturated rings. The maximum Gasteiger partial charge on any atom is 0.250 e. The summed E-state index contributed by atoms with van der Waals surface area (Å²) in [5, 5.41) is 48.8. The van der Waals surface area contributed by atoms with Crippen molar-refractivity contribution in [2.75, 3.05) is 24.5 Å². The highest BCUT2D eigenvalue weighted by molar-refractivity contribution is 5.89. The molecule has 1 unspecified atom stereocenters. The first-order chi connectivity index (χ1) is 27.8. The van der Waals surface area contributed by atoms with Crippen molar-refractivity contribution >= 4 is 23.4 Å². The molecule has 0 spiro atoms. The molecule has 316 valence electrons. The van der Waals surface area contributed by atoms with E-state index < -0.39 is 73.0 Å². The Labute approximate surface area is 337 Å². The smallest absolute Gasteiger partial charge is 0.250 e. The van der Waals surface area contributed by atoms with Crippen molar-refractivity contribution in [2.24, 2.45) is 17.4 Å². The van der Waals surface area contributed by atoms with Crippen LogP contribution in [0.4, 0.5) is 5.69 Å². The van der Waals surface area contributed by atoms with Gasteiger partial charge in [0.15, 0.2) is 12.5 Å². The number of rotatable bonds is 17. The number of amides is 3. The minimum absolute atomic E-state index is 0.0727. The van der Waals surface area contributed by atoms with E-state index in [1.807, 2.05) is 24.3 Å². The van der Waals surface area contributed by atoms with Gasteiger partial charge in [-0.25, -0.2) is 0 Å². The van der Waals surface area contributed by atoms with Gasteiger partial charge in [-0.05, 0) is 49.6 Å². The Balaban J connectivity index is 1.00. The van der Waals surface area contributed by atoms with Crippen LogP contribution in [0.3, 0.4) is 0 Å². The second kappa shape index (κ2) is 19.4. The van der Waals surface area contributed by atoms with Crippen molar-refractivity contribution < 1.29 is 53.8 Å². The van der Waals surface area contributed by atoms with E-state index in [9.17, 15) is 34.8 Å². The second-order valence-electron chi connectivity index (χ2n) is 15.3. The lowest BCUT2D eigenvalue weighted by Gasteiger charge is -2.35. The van der Waals surface area contributed by atoms with Crippen LogP contribution >= 0.6 is 0 Å². The fraction of sp³-hybridized carbons (Fsp3) is 0.537. The Morgan fingerprint density at radius 1 is 0.983 bits per heavy atom. The summed E-state index contributed by atoms with van der Waals surface area (Å²) in [6.07, 6.45) is -7.22. The molecular formula is C41H56N6O11. The van der Waals surface area contributed by atoms with Crippen molar-refractivity contribution in [1.29, 1.82) is 0 Å². The number of aliphatic hydroxyl groups excluding tert-OH is 4. The molecule has 58 heavy (non-hydrogen) atoms. The van der Waals surface area contributed by atoms with Gasteiger partial charge in [0, 0.05) is 63.4 Å². The van der Waals surface area contributed by atoms with Gasteiger partial charge in [0.1, 0.15) is 60.4 Å². The lowest BCUT2D eigenvalue weighted by Crippen LogP contribution is -2.50. The quantitative estimate of drug-likeness (QED) is 0.0979. The minimum atomic E-state index is -1.64. The van der Waals surface area contributed by atoms with Crippen molar-refractivity contribution in [3.8, 4) is 5.75 Å². The Morgan fingerprint density at radius 3 is 2.33 bits per heavy atom.